The van der Waals surface area contributed by atoms with Crippen LogP contribution in [0, 0.1) is 0 Å². The van der Waals surface area contributed by atoms with E-state index in [0.717, 1.165) is 16.9 Å². The van der Waals surface area contributed by atoms with E-state index in [0.29, 0.717) is 17.8 Å². The summed E-state index contributed by atoms with van der Waals surface area (Å²) in [6, 6.07) is 10.0. The maximum atomic E-state index is 11.1. The fourth-order valence-corrected chi connectivity index (χ4v) is 2.52. The lowest BCUT2D eigenvalue weighted by Crippen LogP contribution is -1.99. The number of hydrogen-bond acceptors (Lipinski definition) is 4. The van der Waals surface area contributed by atoms with E-state index in [1.807, 2.05) is 35.7 Å². The van der Waals surface area contributed by atoms with Crippen molar-refractivity contribution in [2.24, 2.45) is 0 Å². The number of carbonyl (C=O) groups excluding carboxylic acids is 1. The van der Waals surface area contributed by atoms with E-state index in [1.54, 1.807) is 17.1 Å². The van der Waals surface area contributed by atoms with E-state index in [9.17, 15) is 4.79 Å². The molecule has 0 atom stereocenters. The molecule has 0 bridgehead atoms. The molecule has 0 fully saturated rings. The van der Waals surface area contributed by atoms with Gasteiger partial charge in [-0.15, -0.1) is 11.3 Å². The van der Waals surface area contributed by atoms with Crippen molar-refractivity contribution in [3.8, 4) is 10.7 Å². The topological polar surface area (TPSA) is 47.8 Å². The number of hydrogen-bond donors (Lipinski definition) is 0. The van der Waals surface area contributed by atoms with Gasteiger partial charge in [0.2, 0.25) is 0 Å². The van der Waals surface area contributed by atoms with Crippen molar-refractivity contribution in [2.75, 3.05) is 0 Å². The van der Waals surface area contributed by atoms with Crippen molar-refractivity contribution in [3.63, 3.8) is 0 Å². The predicted octanol–water partition coefficient (Wildman–Crippen LogP) is 2.87. The zero-order valence-corrected chi connectivity index (χ0v) is 10.9. The first-order chi connectivity index (χ1) is 9.36. The zero-order chi connectivity index (χ0) is 13.1. The van der Waals surface area contributed by atoms with E-state index < -0.39 is 0 Å². The summed E-state index contributed by atoms with van der Waals surface area (Å²) in [5.74, 6) is 0. The Hall–Kier alpha value is -2.27. The van der Waals surface area contributed by atoms with Crippen molar-refractivity contribution in [1.82, 2.24) is 14.8 Å². The summed E-state index contributed by atoms with van der Waals surface area (Å²) in [5.41, 5.74) is 2.37. The Kier molecular flexibility index (Phi) is 3.20. The molecule has 0 spiro atoms. The summed E-state index contributed by atoms with van der Waals surface area (Å²) in [6.45, 7) is 0.646. The van der Waals surface area contributed by atoms with Gasteiger partial charge in [-0.25, -0.2) is 4.98 Å². The number of aldehydes is 1. The van der Waals surface area contributed by atoms with Crippen LogP contribution < -0.4 is 0 Å². The molecule has 0 aliphatic rings. The number of nitrogens with zero attached hydrogens (tertiary/aromatic N) is 3. The molecule has 0 radical (unpaired) electrons. The average Bonchev–Trinajstić information content (AvgIpc) is 3.08. The molecule has 2 aromatic heterocycles. The summed E-state index contributed by atoms with van der Waals surface area (Å²) < 4.78 is 1.77. The molecule has 2 heterocycles. The van der Waals surface area contributed by atoms with E-state index in [4.69, 9.17) is 0 Å². The number of thiazole rings is 1. The average molecular weight is 269 g/mol. The largest absolute Gasteiger partial charge is 0.298 e. The van der Waals surface area contributed by atoms with Crippen LogP contribution in [-0.2, 0) is 6.54 Å². The van der Waals surface area contributed by atoms with Gasteiger partial charge in [-0.2, -0.15) is 5.10 Å². The second kappa shape index (κ2) is 5.16. The SMILES string of the molecule is O=Cc1cn(Cc2ccccc2)nc1-c1nccs1. The molecule has 3 rings (SSSR count). The molecule has 0 saturated heterocycles. The Labute approximate surface area is 114 Å². The molecule has 0 aliphatic carbocycles. The van der Waals surface area contributed by atoms with Gasteiger partial charge in [0.25, 0.3) is 0 Å². The summed E-state index contributed by atoms with van der Waals surface area (Å²) in [4.78, 5) is 15.3. The maximum Gasteiger partial charge on any atom is 0.153 e. The first-order valence-corrected chi connectivity index (χ1v) is 6.71. The van der Waals surface area contributed by atoms with Gasteiger partial charge in [0.1, 0.15) is 10.7 Å². The van der Waals surface area contributed by atoms with Gasteiger partial charge in [-0.05, 0) is 5.56 Å². The molecule has 0 amide bonds. The minimum atomic E-state index is 0.575. The Bertz CT molecular complexity index is 674. The molecular weight excluding hydrogens is 258 g/mol. The minimum absolute atomic E-state index is 0.575. The Morgan fingerprint density at radius 1 is 1.26 bits per heavy atom. The van der Waals surface area contributed by atoms with Crippen LogP contribution >= 0.6 is 11.3 Å². The lowest BCUT2D eigenvalue weighted by Gasteiger charge is -2.00. The molecule has 19 heavy (non-hydrogen) atoms. The molecule has 94 valence electrons. The molecule has 3 aromatic rings. The van der Waals surface area contributed by atoms with Crippen molar-refractivity contribution >= 4 is 17.6 Å². The van der Waals surface area contributed by atoms with Crippen LogP contribution in [0.5, 0.6) is 0 Å². The van der Waals surface area contributed by atoms with E-state index >= 15 is 0 Å². The highest BCUT2D eigenvalue weighted by molar-refractivity contribution is 7.13. The third-order valence-corrected chi connectivity index (χ3v) is 3.52. The summed E-state index contributed by atoms with van der Waals surface area (Å²) in [6.07, 6.45) is 4.30. The van der Waals surface area contributed by atoms with Crippen molar-refractivity contribution in [2.45, 2.75) is 6.54 Å². The molecular formula is C14H11N3OS. The van der Waals surface area contributed by atoms with Crippen molar-refractivity contribution in [1.29, 1.82) is 0 Å². The zero-order valence-electron chi connectivity index (χ0n) is 10.1. The first-order valence-electron chi connectivity index (χ1n) is 5.83. The van der Waals surface area contributed by atoms with E-state index in [2.05, 4.69) is 10.1 Å². The molecule has 1 aromatic carbocycles. The molecule has 4 nitrogen and oxygen atoms in total. The minimum Gasteiger partial charge on any atom is -0.298 e. The highest BCUT2D eigenvalue weighted by Gasteiger charge is 2.12. The highest BCUT2D eigenvalue weighted by atomic mass is 32.1. The molecule has 5 heteroatoms. The lowest BCUT2D eigenvalue weighted by atomic mass is 10.2. The van der Waals surface area contributed by atoms with Crippen LogP contribution in [0.25, 0.3) is 10.7 Å². The molecule has 0 N–H and O–H groups in total. The van der Waals surface area contributed by atoms with Crippen LogP contribution in [0.2, 0.25) is 0 Å². The van der Waals surface area contributed by atoms with Gasteiger partial charge < -0.3 is 0 Å². The standard InChI is InChI=1S/C14H11N3OS/c18-10-12-9-17(8-11-4-2-1-3-5-11)16-13(12)14-15-6-7-19-14/h1-7,9-10H,8H2. The first kappa shape index (κ1) is 11.8. The Balaban J connectivity index is 1.94. The van der Waals surface area contributed by atoms with Gasteiger partial charge in [0, 0.05) is 17.8 Å². The smallest absolute Gasteiger partial charge is 0.153 e. The number of carbonyl (C=O) groups is 1. The molecule has 0 aliphatic heterocycles. The number of rotatable bonds is 4. The Morgan fingerprint density at radius 2 is 2.11 bits per heavy atom. The fraction of sp³-hybridized carbons (Fsp3) is 0.0714. The lowest BCUT2D eigenvalue weighted by molar-refractivity contribution is 0.112. The summed E-state index contributed by atoms with van der Waals surface area (Å²) in [7, 11) is 0. The van der Waals surface area contributed by atoms with Gasteiger partial charge in [-0.1, -0.05) is 30.3 Å². The van der Waals surface area contributed by atoms with Crippen molar-refractivity contribution in [3.05, 3.63) is 59.2 Å². The third kappa shape index (κ3) is 2.46. The quantitative estimate of drug-likeness (QED) is 0.684. The second-order valence-corrected chi connectivity index (χ2v) is 4.97. The molecule has 0 saturated carbocycles. The van der Waals surface area contributed by atoms with Gasteiger partial charge in [0.05, 0.1) is 12.1 Å². The van der Waals surface area contributed by atoms with E-state index in [-0.39, 0.29) is 0 Å². The highest BCUT2D eigenvalue weighted by Crippen LogP contribution is 2.23. The fourth-order valence-electron chi connectivity index (χ4n) is 1.88. The third-order valence-electron chi connectivity index (χ3n) is 2.74. The number of benzene rings is 1. The van der Waals surface area contributed by atoms with Crippen LogP contribution in [0.4, 0.5) is 0 Å². The maximum absolute atomic E-state index is 11.1. The van der Waals surface area contributed by atoms with Gasteiger partial charge in [0.15, 0.2) is 6.29 Å². The van der Waals surface area contributed by atoms with Gasteiger partial charge in [-0.3, -0.25) is 9.48 Å². The van der Waals surface area contributed by atoms with Crippen LogP contribution in [0.1, 0.15) is 15.9 Å². The molecule has 0 unspecified atom stereocenters. The summed E-state index contributed by atoms with van der Waals surface area (Å²) in [5, 5.41) is 7.10. The van der Waals surface area contributed by atoms with Crippen LogP contribution in [-0.4, -0.2) is 21.1 Å². The number of aromatic nitrogens is 3. The second-order valence-electron chi connectivity index (χ2n) is 4.07. The van der Waals surface area contributed by atoms with Crippen molar-refractivity contribution < 1.29 is 4.79 Å². The van der Waals surface area contributed by atoms with Gasteiger partial charge >= 0.3 is 0 Å². The van der Waals surface area contributed by atoms with E-state index in [1.165, 1.54) is 11.3 Å². The Morgan fingerprint density at radius 3 is 2.79 bits per heavy atom. The van der Waals surface area contributed by atoms with Crippen LogP contribution in [0.15, 0.2) is 48.1 Å². The monoisotopic (exact) mass is 269 g/mol. The summed E-state index contributed by atoms with van der Waals surface area (Å²) >= 11 is 1.48. The normalized spacial score (nSPS) is 10.5. The predicted molar refractivity (Wildman–Crippen MR) is 74.3 cm³/mol. The van der Waals surface area contributed by atoms with Crippen LogP contribution in [0.3, 0.4) is 0 Å².